The first kappa shape index (κ1) is 14.5. The molecule has 1 heterocycles. The van der Waals surface area contributed by atoms with Crippen molar-refractivity contribution >= 4 is 17.4 Å². The zero-order valence-electron chi connectivity index (χ0n) is 10.5. The maximum absolute atomic E-state index is 13.2. The topological polar surface area (TPSA) is 29.3 Å². The van der Waals surface area contributed by atoms with E-state index in [9.17, 15) is 13.2 Å². The molecule has 1 aliphatic heterocycles. The molecule has 106 valence electrons. The third kappa shape index (κ3) is 3.57. The van der Waals surface area contributed by atoms with Crippen molar-refractivity contribution in [1.29, 1.82) is 0 Å². The van der Waals surface area contributed by atoms with Crippen LogP contribution in [-0.2, 0) is 12.6 Å². The lowest BCUT2D eigenvalue weighted by Crippen LogP contribution is -2.34. The van der Waals surface area contributed by atoms with Gasteiger partial charge in [-0.3, -0.25) is 0 Å². The second kappa shape index (κ2) is 6.05. The van der Waals surface area contributed by atoms with Crippen LogP contribution >= 0.6 is 11.8 Å². The van der Waals surface area contributed by atoms with Gasteiger partial charge in [0.1, 0.15) is 0 Å². The quantitative estimate of drug-likeness (QED) is 0.928. The number of thioether (sulfide) groups is 1. The van der Waals surface area contributed by atoms with Crippen LogP contribution in [0.4, 0.5) is 18.9 Å². The zero-order chi connectivity index (χ0) is 13.9. The number of rotatable bonds is 3. The van der Waals surface area contributed by atoms with Gasteiger partial charge in [-0.05, 0) is 30.7 Å². The summed E-state index contributed by atoms with van der Waals surface area (Å²) in [6, 6.07) is 4.58. The number of hydrogen-bond donors (Lipinski definition) is 1. The number of anilines is 1. The molecule has 0 bridgehead atoms. The van der Waals surface area contributed by atoms with Gasteiger partial charge in [-0.2, -0.15) is 24.9 Å². The molecule has 1 aromatic carbocycles. The molecule has 1 aromatic rings. The maximum Gasteiger partial charge on any atom is 0.418 e. The molecular formula is C13H17F3N2S. The highest BCUT2D eigenvalue weighted by Crippen LogP contribution is 2.38. The molecule has 2 N–H and O–H groups in total. The standard InChI is InChI=1S/C13H17F3N2S/c14-13(15,16)11-9-10(3-4-17)1-2-12(11)18-5-7-19-8-6-18/h1-2,9H,3-8,17H2. The number of benzene rings is 1. The summed E-state index contributed by atoms with van der Waals surface area (Å²) in [6.45, 7) is 1.70. The van der Waals surface area contributed by atoms with Crippen molar-refractivity contribution in [3.05, 3.63) is 29.3 Å². The van der Waals surface area contributed by atoms with Gasteiger partial charge in [0, 0.05) is 30.3 Å². The number of alkyl halides is 3. The molecule has 1 aliphatic rings. The van der Waals surface area contributed by atoms with Gasteiger partial charge < -0.3 is 10.6 Å². The van der Waals surface area contributed by atoms with Crippen molar-refractivity contribution in [3.8, 4) is 0 Å². The van der Waals surface area contributed by atoms with E-state index in [1.54, 1.807) is 23.9 Å². The van der Waals surface area contributed by atoms with Gasteiger partial charge in [0.2, 0.25) is 0 Å². The largest absolute Gasteiger partial charge is 0.418 e. The van der Waals surface area contributed by atoms with Crippen LogP contribution in [-0.4, -0.2) is 31.1 Å². The molecule has 0 radical (unpaired) electrons. The van der Waals surface area contributed by atoms with Crippen molar-refractivity contribution in [2.75, 3.05) is 36.0 Å². The Hall–Kier alpha value is -0.880. The SMILES string of the molecule is NCCc1ccc(N2CCSCC2)c(C(F)(F)F)c1. The van der Waals surface area contributed by atoms with E-state index in [-0.39, 0.29) is 0 Å². The predicted molar refractivity (Wildman–Crippen MR) is 73.7 cm³/mol. The summed E-state index contributed by atoms with van der Waals surface area (Å²) in [7, 11) is 0. The van der Waals surface area contributed by atoms with Crippen LogP contribution in [0.2, 0.25) is 0 Å². The molecule has 1 fully saturated rings. The fraction of sp³-hybridized carbons (Fsp3) is 0.538. The second-order valence-corrected chi connectivity index (χ2v) is 5.71. The molecule has 0 aliphatic carbocycles. The Kier molecular flexibility index (Phi) is 4.62. The molecule has 6 heteroatoms. The highest BCUT2D eigenvalue weighted by Gasteiger charge is 2.35. The summed E-state index contributed by atoms with van der Waals surface area (Å²) in [6.07, 6.45) is -3.84. The number of halogens is 3. The van der Waals surface area contributed by atoms with Gasteiger partial charge in [0.15, 0.2) is 0 Å². The van der Waals surface area contributed by atoms with Crippen molar-refractivity contribution in [2.45, 2.75) is 12.6 Å². The Labute approximate surface area is 115 Å². The minimum atomic E-state index is -4.31. The fourth-order valence-electron chi connectivity index (χ4n) is 2.21. The van der Waals surface area contributed by atoms with E-state index in [2.05, 4.69) is 0 Å². The molecule has 0 aromatic heterocycles. The Bertz CT molecular complexity index is 428. The van der Waals surface area contributed by atoms with Crippen LogP contribution in [0, 0.1) is 0 Å². The average Bonchev–Trinajstić information content (AvgIpc) is 2.39. The molecule has 0 amide bonds. The van der Waals surface area contributed by atoms with Gasteiger partial charge >= 0.3 is 6.18 Å². The monoisotopic (exact) mass is 290 g/mol. The highest BCUT2D eigenvalue weighted by atomic mass is 32.2. The summed E-state index contributed by atoms with van der Waals surface area (Å²) in [4.78, 5) is 1.82. The Morgan fingerprint density at radius 3 is 2.47 bits per heavy atom. The minimum absolute atomic E-state index is 0.300. The molecule has 0 atom stereocenters. The van der Waals surface area contributed by atoms with Gasteiger partial charge in [-0.25, -0.2) is 0 Å². The first-order valence-corrected chi connectivity index (χ1v) is 7.40. The highest BCUT2D eigenvalue weighted by molar-refractivity contribution is 7.99. The summed E-state index contributed by atoms with van der Waals surface area (Å²) in [5.41, 5.74) is 5.81. The minimum Gasteiger partial charge on any atom is -0.369 e. The molecule has 0 spiro atoms. The fourth-order valence-corrected chi connectivity index (χ4v) is 3.12. The molecule has 19 heavy (non-hydrogen) atoms. The van der Waals surface area contributed by atoms with Crippen LogP contribution in [0.15, 0.2) is 18.2 Å². The molecule has 0 unspecified atom stereocenters. The van der Waals surface area contributed by atoms with Crippen molar-refractivity contribution in [1.82, 2.24) is 0 Å². The lowest BCUT2D eigenvalue weighted by atomic mass is 10.0. The van der Waals surface area contributed by atoms with Crippen LogP contribution in [0.3, 0.4) is 0 Å². The number of nitrogens with two attached hydrogens (primary N) is 1. The summed E-state index contributed by atoms with van der Waals surface area (Å²) in [5.74, 6) is 1.75. The van der Waals surface area contributed by atoms with Crippen molar-refractivity contribution < 1.29 is 13.2 Å². The van der Waals surface area contributed by atoms with Gasteiger partial charge in [-0.1, -0.05) is 6.07 Å². The number of hydrogen-bond acceptors (Lipinski definition) is 3. The van der Waals surface area contributed by atoms with Crippen LogP contribution in [0.5, 0.6) is 0 Å². The van der Waals surface area contributed by atoms with E-state index >= 15 is 0 Å². The Morgan fingerprint density at radius 1 is 1.21 bits per heavy atom. The summed E-state index contributed by atoms with van der Waals surface area (Å²) in [5, 5.41) is 0. The average molecular weight is 290 g/mol. The van der Waals surface area contributed by atoms with Crippen molar-refractivity contribution in [3.63, 3.8) is 0 Å². The number of nitrogens with zero attached hydrogens (tertiary/aromatic N) is 1. The first-order chi connectivity index (χ1) is 9.02. The molecular weight excluding hydrogens is 273 g/mol. The van der Waals surface area contributed by atoms with E-state index < -0.39 is 11.7 Å². The van der Waals surface area contributed by atoms with E-state index in [1.807, 2.05) is 4.90 Å². The Morgan fingerprint density at radius 2 is 1.89 bits per heavy atom. The molecule has 0 saturated carbocycles. The smallest absolute Gasteiger partial charge is 0.369 e. The third-order valence-corrected chi connectivity index (χ3v) is 4.09. The van der Waals surface area contributed by atoms with Crippen LogP contribution in [0.25, 0.3) is 0 Å². The van der Waals surface area contributed by atoms with E-state index in [1.165, 1.54) is 6.07 Å². The predicted octanol–water partition coefficient (Wildman–Crippen LogP) is 2.76. The molecule has 1 saturated heterocycles. The van der Waals surface area contributed by atoms with E-state index in [4.69, 9.17) is 5.73 Å². The Balaban J connectivity index is 2.35. The zero-order valence-corrected chi connectivity index (χ0v) is 11.4. The van der Waals surface area contributed by atoms with Crippen molar-refractivity contribution in [2.24, 2.45) is 5.73 Å². The normalized spacial score (nSPS) is 16.7. The van der Waals surface area contributed by atoms with Gasteiger partial charge in [0.05, 0.1) is 5.56 Å². The van der Waals surface area contributed by atoms with Crippen LogP contribution < -0.4 is 10.6 Å². The summed E-state index contributed by atoms with van der Waals surface area (Å²) >= 11 is 1.78. The molecule has 2 nitrogen and oxygen atoms in total. The lowest BCUT2D eigenvalue weighted by molar-refractivity contribution is -0.137. The molecule has 2 rings (SSSR count). The van der Waals surface area contributed by atoms with E-state index in [0.717, 1.165) is 11.5 Å². The van der Waals surface area contributed by atoms with Gasteiger partial charge in [-0.15, -0.1) is 0 Å². The first-order valence-electron chi connectivity index (χ1n) is 6.25. The van der Waals surface area contributed by atoms with Crippen LogP contribution in [0.1, 0.15) is 11.1 Å². The van der Waals surface area contributed by atoms with E-state index in [0.29, 0.717) is 37.3 Å². The summed E-state index contributed by atoms with van der Waals surface area (Å²) < 4.78 is 39.5. The lowest BCUT2D eigenvalue weighted by Gasteiger charge is -2.31. The van der Waals surface area contributed by atoms with Gasteiger partial charge in [0.25, 0.3) is 0 Å². The third-order valence-electron chi connectivity index (χ3n) is 3.15. The maximum atomic E-state index is 13.2. The second-order valence-electron chi connectivity index (χ2n) is 4.49.